The molecule has 5 rings (SSSR count). The molecule has 33 heavy (non-hydrogen) atoms. The summed E-state index contributed by atoms with van der Waals surface area (Å²) in [4.78, 5) is 33.9. The van der Waals surface area contributed by atoms with Crippen molar-refractivity contribution < 1.29 is 14.3 Å². The second-order valence-corrected chi connectivity index (χ2v) is 8.06. The van der Waals surface area contributed by atoms with Gasteiger partial charge in [-0.05, 0) is 36.4 Å². The summed E-state index contributed by atoms with van der Waals surface area (Å²) in [5, 5.41) is 2.85. The fourth-order valence-corrected chi connectivity index (χ4v) is 4.16. The van der Waals surface area contributed by atoms with E-state index in [1.54, 1.807) is 41.0 Å². The number of ether oxygens (including phenoxy) is 2. The number of aldehydes is 1. The van der Waals surface area contributed by atoms with Gasteiger partial charge in [0.1, 0.15) is 6.29 Å². The number of benzene rings is 2. The van der Waals surface area contributed by atoms with E-state index in [-0.39, 0.29) is 24.0 Å². The maximum absolute atomic E-state index is 11.9. The third kappa shape index (κ3) is 5.02. The Morgan fingerprint density at radius 1 is 0.788 bits per heavy atom. The molecule has 0 bridgehead atoms. The van der Waals surface area contributed by atoms with Crippen molar-refractivity contribution in [3.63, 3.8) is 0 Å². The van der Waals surface area contributed by atoms with Gasteiger partial charge in [0.05, 0.1) is 37.3 Å². The molecule has 170 valence electrons. The molecule has 0 radical (unpaired) electrons. The summed E-state index contributed by atoms with van der Waals surface area (Å²) >= 11 is 12.1. The van der Waals surface area contributed by atoms with Crippen LogP contribution in [0.25, 0.3) is 21.8 Å². The quantitative estimate of drug-likeness (QED) is 0.409. The Balaban J connectivity index is 0.000000160. The molecule has 2 aromatic carbocycles. The van der Waals surface area contributed by atoms with E-state index in [0.29, 0.717) is 41.6 Å². The molecule has 0 aliphatic carbocycles. The Morgan fingerprint density at radius 3 is 1.85 bits per heavy atom. The van der Waals surface area contributed by atoms with Gasteiger partial charge < -0.3 is 23.4 Å². The molecule has 3 heterocycles. The summed E-state index contributed by atoms with van der Waals surface area (Å²) in [5.74, 6) is 0. The Morgan fingerprint density at radius 2 is 1.30 bits per heavy atom. The summed E-state index contributed by atoms with van der Waals surface area (Å²) in [6.07, 6.45) is 0.342. The summed E-state index contributed by atoms with van der Waals surface area (Å²) in [7, 11) is 0. The number of nitrogens with zero attached hydrogens (tertiary/aromatic N) is 2. The number of carbonyl (C=O) groups is 1. The van der Waals surface area contributed by atoms with Crippen molar-refractivity contribution in [2.75, 3.05) is 13.2 Å². The van der Waals surface area contributed by atoms with Gasteiger partial charge in [0, 0.05) is 33.0 Å². The lowest BCUT2D eigenvalue weighted by atomic mass is 10.2. The SMILES string of the molecule is O=CCn1c(=O)ccc2c(Cl)cccc21.O=c1ccc2c(Cl)cccc2n1CC1OCCO1. The fraction of sp³-hybridized carbons (Fsp3) is 0.208. The summed E-state index contributed by atoms with van der Waals surface area (Å²) < 4.78 is 13.8. The Hall–Kier alpha value is -2.97. The van der Waals surface area contributed by atoms with Gasteiger partial charge in [-0.1, -0.05) is 35.3 Å². The highest BCUT2D eigenvalue weighted by Gasteiger charge is 2.18. The van der Waals surface area contributed by atoms with Gasteiger partial charge >= 0.3 is 0 Å². The van der Waals surface area contributed by atoms with E-state index >= 15 is 0 Å². The van der Waals surface area contributed by atoms with E-state index < -0.39 is 0 Å². The van der Waals surface area contributed by atoms with E-state index in [0.717, 1.165) is 16.3 Å². The summed E-state index contributed by atoms with van der Waals surface area (Å²) in [6.45, 7) is 1.59. The number of carbonyl (C=O) groups excluding carboxylic acids is 1. The molecule has 1 fully saturated rings. The lowest BCUT2D eigenvalue weighted by Crippen LogP contribution is -2.26. The highest BCUT2D eigenvalue weighted by Crippen LogP contribution is 2.23. The van der Waals surface area contributed by atoms with Crippen molar-refractivity contribution in [2.45, 2.75) is 19.4 Å². The average Bonchev–Trinajstić information content (AvgIpc) is 3.32. The van der Waals surface area contributed by atoms with Crippen molar-refractivity contribution in [3.05, 3.63) is 91.4 Å². The Bertz CT molecular complexity index is 1420. The molecular weight excluding hydrogens is 467 g/mol. The van der Waals surface area contributed by atoms with E-state index in [2.05, 4.69) is 0 Å². The van der Waals surface area contributed by atoms with Crippen molar-refractivity contribution in [1.82, 2.24) is 9.13 Å². The maximum Gasteiger partial charge on any atom is 0.251 e. The molecule has 1 aliphatic rings. The molecule has 2 aromatic heterocycles. The smallest absolute Gasteiger partial charge is 0.251 e. The first-order valence-electron chi connectivity index (χ1n) is 10.2. The third-order valence-electron chi connectivity index (χ3n) is 5.24. The van der Waals surface area contributed by atoms with E-state index in [1.165, 1.54) is 16.7 Å². The van der Waals surface area contributed by atoms with Crippen molar-refractivity contribution in [3.8, 4) is 0 Å². The van der Waals surface area contributed by atoms with Crippen LogP contribution in [0.4, 0.5) is 0 Å². The standard InChI is InChI=1S/C13H12ClNO3.C11H8ClNO2/c14-10-2-1-3-11-9(10)4-5-12(16)15(11)8-13-17-6-7-18-13;12-9-2-1-3-10-8(9)4-5-11(15)13(10)6-7-14/h1-5,13H,6-8H2;1-5,7H,6H2. The van der Waals surface area contributed by atoms with Crippen LogP contribution in [0.15, 0.2) is 70.3 Å². The first-order chi connectivity index (χ1) is 16.0. The number of aromatic nitrogens is 2. The highest BCUT2D eigenvalue weighted by molar-refractivity contribution is 6.35. The zero-order valence-corrected chi connectivity index (χ0v) is 19.0. The van der Waals surface area contributed by atoms with E-state index in [1.807, 2.05) is 12.1 Å². The molecule has 0 atom stereocenters. The monoisotopic (exact) mass is 486 g/mol. The zero-order chi connectivity index (χ0) is 23.4. The molecule has 1 saturated heterocycles. The van der Waals surface area contributed by atoms with Crippen LogP contribution in [-0.2, 0) is 27.4 Å². The minimum absolute atomic E-state index is 0.0521. The number of rotatable bonds is 4. The van der Waals surface area contributed by atoms with Crippen LogP contribution in [-0.4, -0.2) is 34.9 Å². The second kappa shape index (κ2) is 10.3. The number of hydrogen-bond donors (Lipinski definition) is 0. The summed E-state index contributed by atoms with van der Waals surface area (Å²) in [5.41, 5.74) is 1.21. The number of hydrogen-bond acceptors (Lipinski definition) is 5. The topological polar surface area (TPSA) is 79.5 Å². The van der Waals surface area contributed by atoms with Crippen LogP contribution >= 0.6 is 23.2 Å². The molecule has 9 heteroatoms. The summed E-state index contributed by atoms with van der Waals surface area (Å²) in [6, 6.07) is 17.1. The van der Waals surface area contributed by atoms with Crippen molar-refractivity contribution >= 4 is 51.3 Å². The predicted molar refractivity (Wildman–Crippen MR) is 128 cm³/mol. The molecule has 0 spiro atoms. The van der Waals surface area contributed by atoms with E-state index in [4.69, 9.17) is 32.7 Å². The predicted octanol–water partition coefficient (Wildman–Crippen LogP) is 3.88. The van der Waals surface area contributed by atoms with E-state index in [9.17, 15) is 14.4 Å². The fourth-order valence-electron chi connectivity index (χ4n) is 3.69. The lowest BCUT2D eigenvalue weighted by molar-refractivity contribution is -0.108. The van der Waals surface area contributed by atoms with Crippen LogP contribution < -0.4 is 11.1 Å². The largest absolute Gasteiger partial charge is 0.348 e. The van der Waals surface area contributed by atoms with Gasteiger partial charge in [-0.15, -0.1) is 0 Å². The molecule has 0 saturated carbocycles. The lowest BCUT2D eigenvalue weighted by Gasteiger charge is -2.14. The van der Waals surface area contributed by atoms with Gasteiger partial charge in [-0.25, -0.2) is 0 Å². The Labute approximate surface area is 198 Å². The molecule has 1 aliphatic heterocycles. The normalized spacial score (nSPS) is 13.8. The second-order valence-electron chi connectivity index (χ2n) is 7.25. The Kier molecular flexibility index (Phi) is 7.25. The first kappa shape index (κ1) is 23.2. The maximum atomic E-state index is 11.9. The van der Waals surface area contributed by atoms with Crippen LogP contribution in [0.3, 0.4) is 0 Å². The van der Waals surface area contributed by atoms with Gasteiger partial charge in [0.2, 0.25) is 0 Å². The van der Waals surface area contributed by atoms with Gasteiger partial charge in [0.15, 0.2) is 6.29 Å². The van der Waals surface area contributed by atoms with Crippen LogP contribution in [0.2, 0.25) is 10.0 Å². The molecule has 0 unspecified atom stereocenters. The van der Waals surface area contributed by atoms with Crippen LogP contribution in [0.1, 0.15) is 0 Å². The third-order valence-corrected chi connectivity index (χ3v) is 5.90. The van der Waals surface area contributed by atoms with Crippen molar-refractivity contribution in [2.24, 2.45) is 0 Å². The first-order valence-corrected chi connectivity index (χ1v) is 11.0. The molecule has 7 nitrogen and oxygen atoms in total. The minimum Gasteiger partial charge on any atom is -0.348 e. The number of halogens is 2. The number of pyridine rings is 2. The van der Waals surface area contributed by atoms with Gasteiger partial charge in [-0.3, -0.25) is 9.59 Å². The average molecular weight is 487 g/mol. The van der Waals surface area contributed by atoms with Crippen molar-refractivity contribution in [1.29, 1.82) is 0 Å². The number of fused-ring (bicyclic) bond motifs is 2. The molecule has 0 amide bonds. The van der Waals surface area contributed by atoms with Gasteiger partial charge in [-0.2, -0.15) is 0 Å². The minimum atomic E-state index is -0.354. The van der Waals surface area contributed by atoms with Gasteiger partial charge in [0.25, 0.3) is 11.1 Å². The highest BCUT2D eigenvalue weighted by atomic mass is 35.5. The molecular formula is C24H20Cl2N2O5. The zero-order valence-electron chi connectivity index (χ0n) is 17.4. The molecule has 0 N–H and O–H groups in total. The van der Waals surface area contributed by atoms with Crippen LogP contribution in [0.5, 0.6) is 0 Å². The molecule has 4 aromatic rings. The van der Waals surface area contributed by atoms with Crippen LogP contribution in [0, 0.1) is 0 Å².